The van der Waals surface area contributed by atoms with Crippen molar-refractivity contribution < 1.29 is 33.4 Å². The van der Waals surface area contributed by atoms with Gasteiger partial charge in [0.25, 0.3) is 0 Å². The molecule has 0 aromatic rings. The number of halogens is 1. The standard InChI is InChI=1S/C10H13BrO7/c1-5(12)16-4-8(17-6(2)13)9(10(11)15)18-7(3)14/h8-9H,4H2,1-3H3/t8-,9-/m1/s1. The molecule has 0 amide bonds. The van der Waals surface area contributed by atoms with Crippen LogP contribution in [0.3, 0.4) is 0 Å². The molecule has 0 rings (SSSR count). The summed E-state index contributed by atoms with van der Waals surface area (Å²) >= 11 is 2.62. The summed E-state index contributed by atoms with van der Waals surface area (Å²) in [4.78, 5) is 43.7. The van der Waals surface area contributed by atoms with Crippen molar-refractivity contribution in [2.24, 2.45) is 0 Å². The second-order valence-electron chi connectivity index (χ2n) is 3.28. The molecule has 0 bridgehead atoms. The Morgan fingerprint density at radius 1 is 0.944 bits per heavy atom. The number of carbonyl (C=O) groups excluding carboxylic acids is 4. The van der Waals surface area contributed by atoms with Gasteiger partial charge in [-0.05, 0) is 15.9 Å². The van der Waals surface area contributed by atoms with Gasteiger partial charge in [-0.25, -0.2) is 0 Å². The minimum atomic E-state index is -1.37. The van der Waals surface area contributed by atoms with Crippen molar-refractivity contribution in [3.8, 4) is 0 Å². The van der Waals surface area contributed by atoms with E-state index in [0.29, 0.717) is 0 Å². The van der Waals surface area contributed by atoms with Crippen molar-refractivity contribution in [1.82, 2.24) is 0 Å². The van der Waals surface area contributed by atoms with Gasteiger partial charge in [0, 0.05) is 20.8 Å². The van der Waals surface area contributed by atoms with Crippen LogP contribution >= 0.6 is 15.9 Å². The Kier molecular flexibility index (Phi) is 7.18. The highest BCUT2D eigenvalue weighted by Crippen LogP contribution is 2.11. The molecular weight excluding hydrogens is 312 g/mol. The maximum absolute atomic E-state index is 11.3. The van der Waals surface area contributed by atoms with Gasteiger partial charge >= 0.3 is 17.9 Å². The molecule has 0 fully saturated rings. The Balaban J connectivity index is 4.84. The third kappa shape index (κ3) is 7.00. The van der Waals surface area contributed by atoms with Gasteiger partial charge in [-0.3, -0.25) is 19.2 Å². The first-order valence-electron chi connectivity index (χ1n) is 4.91. The fourth-order valence-corrected chi connectivity index (χ4v) is 1.43. The van der Waals surface area contributed by atoms with Crippen LogP contribution < -0.4 is 0 Å². The molecule has 0 N–H and O–H groups in total. The molecule has 7 nitrogen and oxygen atoms in total. The fourth-order valence-electron chi connectivity index (χ4n) is 1.04. The predicted molar refractivity (Wildman–Crippen MR) is 61.7 cm³/mol. The Hall–Kier alpha value is -1.44. The third-order valence-corrected chi connectivity index (χ3v) is 2.07. The van der Waals surface area contributed by atoms with E-state index in [0.717, 1.165) is 20.8 Å². The summed E-state index contributed by atoms with van der Waals surface area (Å²) < 4.78 is 13.4. The smallest absolute Gasteiger partial charge is 0.303 e. The Morgan fingerprint density at radius 3 is 1.78 bits per heavy atom. The Bertz CT molecular complexity index is 352. The SMILES string of the molecule is CC(=O)OC[C@@H](OC(C)=O)[C@@H](OC(C)=O)C(=O)Br. The number of rotatable bonds is 6. The quantitative estimate of drug-likeness (QED) is 0.394. The lowest BCUT2D eigenvalue weighted by molar-refractivity contribution is -0.174. The molecular formula is C10H13BrO7. The number of carbonyl (C=O) groups is 4. The second kappa shape index (κ2) is 7.80. The topological polar surface area (TPSA) is 96.0 Å². The summed E-state index contributed by atoms with van der Waals surface area (Å²) in [6.45, 7) is 2.98. The highest BCUT2D eigenvalue weighted by Gasteiger charge is 2.33. The van der Waals surface area contributed by atoms with Crippen molar-refractivity contribution in [3.05, 3.63) is 0 Å². The average Bonchev–Trinajstić information content (AvgIpc) is 2.19. The van der Waals surface area contributed by atoms with Gasteiger partial charge < -0.3 is 14.2 Å². The Labute approximate surface area is 112 Å². The summed E-state index contributed by atoms with van der Waals surface area (Å²) in [5, 5.41) is 0. The molecule has 0 radical (unpaired) electrons. The van der Waals surface area contributed by atoms with Crippen LogP contribution in [0.25, 0.3) is 0 Å². The lowest BCUT2D eigenvalue weighted by Crippen LogP contribution is -2.41. The summed E-state index contributed by atoms with van der Waals surface area (Å²) in [6.07, 6.45) is -2.56. The van der Waals surface area contributed by atoms with Crippen molar-refractivity contribution >= 4 is 38.5 Å². The number of esters is 3. The summed E-state index contributed by atoms with van der Waals surface area (Å²) in [7, 11) is 0. The highest BCUT2D eigenvalue weighted by molar-refractivity contribution is 9.18. The van der Waals surface area contributed by atoms with E-state index in [2.05, 4.69) is 20.7 Å². The summed E-state index contributed by atoms with van der Waals surface area (Å²) in [5.41, 5.74) is 0. The molecule has 0 aromatic heterocycles. The number of ether oxygens (including phenoxy) is 3. The zero-order valence-electron chi connectivity index (χ0n) is 10.1. The molecule has 18 heavy (non-hydrogen) atoms. The van der Waals surface area contributed by atoms with Gasteiger partial charge in [-0.1, -0.05) is 0 Å². The van der Waals surface area contributed by atoms with Crippen LogP contribution in [0, 0.1) is 0 Å². The largest absolute Gasteiger partial charge is 0.462 e. The van der Waals surface area contributed by atoms with Gasteiger partial charge in [0.05, 0.1) is 0 Å². The maximum Gasteiger partial charge on any atom is 0.303 e. The van der Waals surface area contributed by atoms with Crippen molar-refractivity contribution in [1.29, 1.82) is 0 Å². The van der Waals surface area contributed by atoms with Crippen LogP contribution in [0.4, 0.5) is 0 Å². The molecule has 0 aromatic carbocycles. The molecule has 0 saturated carbocycles. The zero-order valence-corrected chi connectivity index (χ0v) is 11.7. The van der Waals surface area contributed by atoms with Crippen LogP contribution in [-0.4, -0.2) is 41.4 Å². The van der Waals surface area contributed by atoms with E-state index in [1.165, 1.54) is 0 Å². The first kappa shape index (κ1) is 16.6. The fraction of sp³-hybridized carbons (Fsp3) is 0.600. The van der Waals surface area contributed by atoms with Crippen molar-refractivity contribution in [2.45, 2.75) is 33.0 Å². The summed E-state index contributed by atoms with van der Waals surface area (Å²) in [6, 6.07) is 0. The van der Waals surface area contributed by atoms with E-state index in [1.807, 2.05) is 0 Å². The molecule has 8 heteroatoms. The van der Waals surface area contributed by atoms with Crippen LogP contribution in [0.5, 0.6) is 0 Å². The van der Waals surface area contributed by atoms with Crippen LogP contribution in [0.1, 0.15) is 20.8 Å². The molecule has 0 unspecified atom stereocenters. The van der Waals surface area contributed by atoms with E-state index in [-0.39, 0.29) is 6.61 Å². The van der Waals surface area contributed by atoms with Gasteiger partial charge in [0.1, 0.15) is 6.61 Å². The lowest BCUT2D eigenvalue weighted by Gasteiger charge is -2.23. The third-order valence-electron chi connectivity index (χ3n) is 1.62. The highest BCUT2D eigenvalue weighted by atomic mass is 79.9. The molecule has 0 aliphatic heterocycles. The van der Waals surface area contributed by atoms with E-state index in [1.54, 1.807) is 0 Å². The molecule has 0 aliphatic rings. The molecule has 2 atom stereocenters. The number of hydrogen-bond donors (Lipinski definition) is 0. The minimum absolute atomic E-state index is 0.385. The number of hydrogen-bond acceptors (Lipinski definition) is 7. The van der Waals surface area contributed by atoms with Crippen molar-refractivity contribution in [2.75, 3.05) is 6.61 Å². The monoisotopic (exact) mass is 324 g/mol. The van der Waals surface area contributed by atoms with Gasteiger partial charge in [0.15, 0.2) is 6.10 Å². The summed E-state index contributed by atoms with van der Waals surface area (Å²) in [5.74, 6) is -2.04. The second-order valence-corrected chi connectivity index (χ2v) is 4.07. The van der Waals surface area contributed by atoms with E-state index in [9.17, 15) is 19.2 Å². The average molecular weight is 325 g/mol. The lowest BCUT2D eigenvalue weighted by atomic mass is 10.2. The molecule has 0 aliphatic carbocycles. The van der Waals surface area contributed by atoms with Gasteiger partial charge in [-0.2, -0.15) is 0 Å². The van der Waals surface area contributed by atoms with Crippen LogP contribution in [-0.2, 0) is 33.4 Å². The minimum Gasteiger partial charge on any atom is -0.462 e. The molecule has 0 saturated heterocycles. The van der Waals surface area contributed by atoms with Gasteiger partial charge in [-0.15, -0.1) is 0 Å². The first-order valence-corrected chi connectivity index (χ1v) is 5.70. The molecule has 0 spiro atoms. The van der Waals surface area contributed by atoms with E-state index >= 15 is 0 Å². The molecule has 0 heterocycles. The van der Waals surface area contributed by atoms with Crippen molar-refractivity contribution in [3.63, 3.8) is 0 Å². The van der Waals surface area contributed by atoms with Crippen LogP contribution in [0.2, 0.25) is 0 Å². The van der Waals surface area contributed by atoms with E-state index < -0.39 is 34.8 Å². The maximum atomic E-state index is 11.3. The van der Waals surface area contributed by atoms with E-state index in [4.69, 9.17) is 9.47 Å². The van der Waals surface area contributed by atoms with Crippen LogP contribution in [0.15, 0.2) is 0 Å². The zero-order chi connectivity index (χ0) is 14.3. The predicted octanol–water partition coefficient (Wildman–Crippen LogP) is 0.334. The first-order chi connectivity index (χ1) is 8.23. The molecule has 102 valence electrons. The Morgan fingerprint density at radius 2 is 1.44 bits per heavy atom. The van der Waals surface area contributed by atoms with Gasteiger partial charge in [0.2, 0.25) is 10.8 Å². The normalized spacial score (nSPS) is 13.1.